The molecule has 1 nitrogen and oxygen atoms in total. The van der Waals surface area contributed by atoms with E-state index in [1.54, 1.807) is 0 Å². The van der Waals surface area contributed by atoms with E-state index in [4.69, 9.17) is 0 Å². The molecule has 0 bridgehead atoms. The van der Waals surface area contributed by atoms with Gasteiger partial charge >= 0.3 is 0 Å². The molecular weight excluding hydrogens is 206 g/mol. The summed E-state index contributed by atoms with van der Waals surface area (Å²) in [7, 11) is 0. The third kappa shape index (κ3) is 2.05. The normalized spacial score (nSPS) is 17.6. The fourth-order valence-electron chi connectivity index (χ4n) is 2.55. The Morgan fingerprint density at radius 3 is 2.65 bits per heavy atom. The molecule has 1 aliphatic rings. The van der Waals surface area contributed by atoms with Crippen LogP contribution in [0.15, 0.2) is 48.5 Å². The third-order valence-electron chi connectivity index (χ3n) is 3.54. The van der Waals surface area contributed by atoms with E-state index in [-0.39, 0.29) is 0 Å². The number of rotatable bonds is 2. The van der Waals surface area contributed by atoms with E-state index in [1.165, 1.54) is 22.4 Å². The minimum absolute atomic E-state index is 0.619. The third-order valence-corrected chi connectivity index (χ3v) is 3.54. The molecule has 1 aliphatic heterocycles. The summed E-state index contributed by atoms with van der Waals surface area (Å²) in [6.45, 7) is 3.20. The zero-order valence-electron chi connectivity index (χ0n) is 10.1. The Bertz CT molecular complexity index is 513. The van der Waals surface area contributed by atoms with Gasteiger partial charge in [0.25, 0.3) is 0 Å². The average molecular weight is 223 g/mol. The highest BCUT2D eigenvalue weighted by Gasteiger charge is 2.21. The lowest BCUT2D eigenvalue weighted by molar-refractivity contribution is 0.752. The standard InChI is InChI=1S/C16H17N/c1-12-6-8-13(9-7-12)10-14-11-17-16-5-3-2-4-15(14)16/h2-9,14,17H,10-11H2,1H3. The summed E-state index contributed by atoms with van der Waals surface area (Å²) >= 11 is 0. The van der Waals surface area contributed by atoms with Gasteiger partial charge in [-0.3, -0.25) is 0 Å². The minimum Gasteiger partial charge on any atom is -0.384 e. The summed E-state index contributed by atoms with van der Waals surface area (Å²) in [4.78, 5) is 0. The second-order valence-corrected chi connectivity index (χ2v) is 4.85. The van der Waals surface area contributed by atoms with Crippen LogP contribution in [0.2, 0.25) is 0 Å². The van der Waals surface area contributed by atoms with Gasteiger partial charge in [0.2, 0.25) is 0 Å². The SMILES string of the molecule is Cc1ccc(CC2CNc3ccccc32)cc1. The first-order chi connectivity index (χ1) is 8.33. The van der Waals surface area contributed by atoms with Crippen molar-refractivity contribution in [3.05, 3.63) is 65.2 Å². The lowest BCUT2D eigenvalue weighted by atomic mass is 9.93. The molecule has 3 rings (SSSR count). The molecule has 86 valence electrons. The molecule has 0 saturated carbocycles. The minimum atomic E-state index is 0.619. The van der Waals surface area contributed by atoms with Gasteiger partial charge in [0.15, 0.2) is 0 Å². The number of aryl methyl sites for hydroxylation is 1. The van der Waals surface area contributed by atoms with E-state index >= 15 is 0 Å². The number of para-hydroxylation sites is 1. The van der Waals surface area contributed by atoms with Crippen LogP contribution in [0.25, 0.3) is 0 Å². The summed E-state index contributed by atoms with van der Waals surface area (Å²) < 4.78 is 0. The van der Waals surface area contributed by atoms with Gasteiger partial charge in [0.05, 0.1) is 0 Å². The number of benzene rings is 2. The van der Waals surface area contributed by atoms with Crippen LogP contribution in [0.5, 0.6) is 0 Å². The van der Waals surface area contributed by atoms with Crippen LogP contribution in [0.3, 0.4) is 0 Å². The van der Waals surface area contributed by atoms with Crippen LogP contribution < -0.4 is 5.32 Å². The Morgan fingerprint density at radius 1 is 1.06 bits per heavy atom. The number of anilines is 1. The largest absolute Gasteiger partial charge is 0.384 e. The number of hydrogen-bond acceptors (Lipinski definition) is 1. The highest BCUT2D eigenvalue weighted by atomic mass is 14.9. The Hall–Kier alpha value is -1.76. The number of fused-ring (bicyclic) bond motifs is 1. The second kappa shape index (κ2) is 4.25. The van der Waals surface area contributed by atoms with E-state index < -0.39 is 0 Å². The second-order valence-electron chi connectivity index (χ2n) is 4.85. The van der Waals surface area contributed by atoms with Crippen molar-refractivity contribution in [2.24, 2.45) is 0 Å². The van der Waals surface area contributed by atoms with Crippen molar-refractivity contribution in [1.29, 1.82) is 0 Å². The first-order valence-electron chi connectivity index (χ1n) is 6.21. The maximum Gasteiger partial charge on any atom is 0.0376 e. The molecule has 0 aromatic heterocycles. The van der Waals surface area contributed by atoms with Crippen molar-refractivity contribution in [3.8, 4) is 0 Å². The maximum atomic E-state index is 3.48. The first-order valence-corrected chi connectivity index (χ1v) is 6.21. The van der Waals surface area contributed by atoms with Gasteiger partial charge in [0, 0.05) is 18.2 Å². The molecule has 0 saturated heterocycles. The number of nitrogens with one attached hydrogen (secondary N) is 1. The fourth-order valence-corrected chi connectivity index (χ4v) is 2.55. The summed E-state index contributed by atoms with van der Waals surface area (Å²) in [6, 6.07) is 17.5. The fraction of sp³-hybridized carbons (Fsp3) is 0.250. The molecule has 1 heterocycles. The van der Waals surface area contributed by atoms with Crippen molar-refractivity contribution in [3.63, 3.8) is 0 Å². The quantitative estimate of drug-likeness (QED) is 0.817. The predicted molar refractivity (Wildman–Crippen MR) is 72.6 cm³/mol. The van der Waals surface area contributed by atoms with Crippen molar-refractivity contribution in [1.82, 2.24) is 0 Å². The molecule has 2 aromatic rings. The van der Waals surface area contributed by atoms with Crippen LogP contribution >= 0.6 is 0 Å². The molecule has 0 fully saturated rings. The molecule has 2 aromatic carbocycles. The molecule has 0 aliphatic carbocycles. The Kier molecular flexibility index (Phi) is 2.60. The van der Waals surface area contributed by atoms with Crippen molar-refractivity contribution in [2.75, 3.05) is 11.9 Å². The van der Waals surface area contributed by atoms with Crippen LogP contribution in [-0.2, 0) is 6.42 Å². The van der Waals surface area contributed by atoms with Crippen LogP contribution in [0, 0.1) is 6.92 Å². The maximum absolute atomic E-state index is 3.48. The number of hydrogen-bond donors (Lipinski definition) is 1. The van der Waals surface area contributed by atoms with Gasteiger partial charge in [-0.1, -0.05) is 48.0 Å². The molecule has 1 unspecified atom stereocenters. The van der Waals surface area contributed by atoms with Gasteiger partial charge in [-0.15, -0.1) is 0 Å². The lowest BCUT2D eigenvalue weighted by Gasteiger charge is -2.10. The molecule has 0 radical (unpaired) electrons. The molecule has 1 atom stereocenters. The Labute approximate surface area is 102 Å². The van der Waals surface area contributed by atoms with Gasteiger partial charge in [0.1, 0.15) is 0 Å². The van der Waals surface area contributed by atoms with Gasteiger partial charge in [-0.25, -0.2) is 0 Å². The van der Waals surface area contributed by atoms with Gasteiger partial charge < -0.3 is 5.32 Å². The van der Waals surface area contributed by atoms with E-state index in [0.29, 0.717) is 5.92 Å². The summed E-state index contributed by atoms with van der Waals surface area (Å²) in [5.41, 5.74) is 5.54. The van der Waals surface area contributed by atoms with Gasteiger partial charge in [-0.2, -0.15) is 0 Å². The molecule has 1 N–H and O–H groups in total. The monoisotopic (exact) mass is 223 g/mol. The smallest absolute Gasteiger partial charge is 0.0376 e. The zero-order valence-corrected chi connectivity index (χ0v) is 10.1. The summed E-state index contributed by atoms with van der Waals surface area (Å²) in [5, 5.41) is 3.48. The zero-order chi connectivity index (χ0) is 11.7. The van der Waals surface area contributed by atoms with Crippen LogP contribution in [-0.4, -0.2) is 6.54 Å². The highest BCUT2D eigenvalue weighted by molar-refractivity contribution is 5.57. The van der Waals surface area contributed by atoms with E-state index in [2.05, 4.69) is 60.8 Å². The van der Waals surface area contributed by atoms with Gasteiger partial charge in [-0.05, 0) is 30.5 Å². The predicted octanol–water partition coefficient (Wildman–Crippen LogP) is 3.75. The molecule has 1 heteroatoms. The Morgan fingerprint density at radius 2 is 1.82 bits per heavy atom. The summed E-state index contributed by atoms with van der Waals surface area (Å²) in [6.07, 6.45) is 1.13. The molecule has 0 spiro atoms. The van der Waals surface area contributed by atoms with Crippen molar-refractivity contribution >= 4 is 5.69 Å². The van der Waals surface area contributed by atoms with Crippen molar-refractivity contribution < 1.29 is 0 Å². The van der Waals surface area contributed by atoms with Crippen LogP contribution in [0.1, 0.15) is 22.6 Å². The van der Waals surface area contributed by atoms with Crippen LogP contribution in [0.4, 0.5) is 5.69 Å². The highest BCUT2D eigenvalue weighted by Crippen LogP contribution is 2.33. The molecular formula is C16H17N. The molecule has 17 heavy (non-hydrogen) atoms. The first kappa shape index (κ1) is 10.4. The molecule has 0 amide bonds. The lowest BCUT2D eigenvalue weighted by Crippen LogP contribution is -2.05. The van der Waals surface area contributed by atoms with E-state index in [0.717, 1.165) is 13.0 Å². The van der Waals surface area contributed by atoms with E-state index in [9.17, 15) is 0 Å². The topological polar surface area (TPSA) is 12.0 Å². The summed E-state index contributed by atoms with van der Waals surface area (Å²) in [5.74, 6) is 0.619. The average Bonchev–Trinajstić information content (AvgIpc) is 2.76. The van der Waals surface area contributed by atoms with E-state index in [1.807, 2.05) is 0 Å². The Balaban J connectivity index is 1.81. The van der Waals surface area contributed by atoms with Crippen molar-refractivity contribution in [2.45, 2.75) is 19.3 Å².